The van der Waals surface area contributed by atoms with Gasteiger partial charge in [0.05, 0.1) is 16.1 Å². The molecule has 0 bridgehead atoms. The predicted molar refractivity (Wildman–Crippen MR) is 86.9 cm³/mol. The monoisotopic (exact) mass is 402 g/mol. The molecule has 0 saturated heterocycles. The molecular formula is C15H10F4N4O3S. The number of H-pyrrole nitrogens is 2. The van der Waals surface area contributed by atoms with Gasteiger partial charge >= 0.3 is 11.9 Å². The Balaban J connectivity index is 2.06. The van der Waals surface area contributed by atoms with Gasteiger partial charge in [-0.25, -0.2) is 22.7 Å². The lowest BCUT2D eigenvalue weighted by Crippen LogP contribution is -2.14. The number of hydrogen-bond donors (Lipinski definition) is 3. The molecule has 1 heterocycles. The molecule has 0 aliphatic rings. The van der Waals surface area contributed by atoms with E-state index in [1.165, 1.54) is 0 Å². The van der Waals surface area contributed by atoms with Gasteiger partial charge in [-0.15, -0.1) is 0 Å². The first kappa shape index (κ1) is 18.6. The average Bonchev–Trinajstić information content (AvgIpc) is 3.00. The molecule has 27 heavy (non-hydrogen) atoms. The Morgan fingerprint density at radius 1 is 1.04 bits per heavy atom. The lowest BCUT2D eigenvalue weighted by Gasteiger charge is -2.13. The number of nitrogens with zero attached hydrogens (tertiary/aromatic N) is 1. The van der Waals surface area contributed by atoms with Gasteiger partial charge in [0.1, 0.15) is 5.82 Å². The molecule has 0 aliphatic heterocycles. The number of aromatic nitrogens is 3. The van der Waals surface area contributed by atoms with Gasteiger partial charge in [-0.1, -0.05) is 0 Å². The van der Waals surface area contributed by atoms with Crippen molar-refractivity contribution >= 4 is 15.7 Å². The molecule has 142 valence electrons. The largest absolute Gasteiger partial charge is 0.416 e. The standard InChI is InChI=1S/C15H10F4N4O3S/c16-10-1-3-12(4-2-10)27(25,26)23-11-6-8(13-20-14(24)22-21-13)5-9(7-11)15(17,18)19/h1-7,23H,(H2,20,21,22,24). The summed E-state index contributed by atoms with van der Waals surface area (Å²) < 4.78 is 79.1. The number of nitrogens with one attached hydrogen (secondary N) is 3. The number of anilines is 1. The first-order chi connectivity index (χ1) is 12.5. The molecule has 0 aliphatic carbocycles. The van der Waals surface area contributed by atoms with Gasteiger partial charge in [0, 0.05) is 5.56 Å². The van der Waals surface area contributed by atoms with Crippen LogP contribution in [0.15, 0.2) is 52.2 Å². The van der Waals surface area contributed by atoms with E-state index in [2.05, 4.69) is 10.1 Å². The quantitative estimate of drug-likeness (QED) is 0.583. The van der Waals surface area contributed by atoms with Crippen molar-refractivity contribution in [3.05, 3.63) is 64.3 Å². The van der Waals surface area contributed by atoms with Crippen molar-refractivity contribution < 1.29 is 26.0 Å². The molecule has 1 aromatic heterocycles. The minimum atomic E-state index is -4.78. The van der Waals surface area contributed by atoms with Crippen LogP contribution in [0.3, 0.4) is 0 Å². The van der Waals surface area contributed by atoms with Gasteiger partial charge in [-0.3, -0.25) is 9.71 Å². The maximum Gasteiger partial charge on any atom is 0.416 e. The number of alkyl halides is 3. The zero-order valence-corrected chi connectivity index (χ0v) is 14.0. The molecule has 0 unspecified atom stereocenters. The number of hydrogen-bond acceptors (Lipinski definition) is 4. The summed E-state index contributed by atoms with van der Waals surface area (Å²) in [6.07, 6.45) is -4.78. The Morgan fingerprint density at radius 3 is 2.26 bits per heavy atom. The fraction of sp³-hybridized carbons (Fsp3) is 0.0667. The van der Waals surface area contributed by atoms with Crippen molar-refractivity contribution in [3.8, 4) is 11.4 Å². The topological polar surface area (TPSA) is 108 Å². The summed E-state index contributed by atoms with van der Waals surface area (Å²) in [7, 11) is -4.27. The number of aromatic amines is 2. The van der Waals surface area contributed by atoms with Crippen LogP contribution < -0.4 is 10.4 Å². The van der Waals surface area contributed by atoms with E-state index in [1.807, 2.05) is 9.82 Å². The average molecular weight is 402 g/mol. The Hall–Kier alpha value is -3.15. The van der Waals surface area contributed by atoms with Gasteiger partial charge in [0.15, 0.2) is 5.82 Å². The number of benzene rings is 2. The van der Waals surface area contributed by atoms with Crippen molar-refractivity contribution in [2.75, 3.05) is 4.72 Å². The van der Waals surface area contributed by atoms with Gasteiger partial charge in [0.25, 0.3) is 10.0 Å². The molecule has 0 amide bonds. The first-order valence-electron chi connectivity index (χ1n) is 7.20. The van der Waals surface area contributed by atoms with Crippen LogP contribution in [-0.4, -0.2) is 23.6 Å². The highest BCUT2D eigenvalue weighted by Gasteiger charge is 2.32. The normalized spacial score (nSPS) is 12.1. The smallest absolute Gasteiger partial charge is 0.289 e. The van der Waals surface area contributed by atoms with E-state index in [1.54, 1.807) is 0 Å². The molecule has 7 nitrogen and oxygen atoms in total. The first-order valence-corrected chi connectivity index (χ1v) is 8.69. The Kier molecular flexibility index (Phi) is 4.51. The summed E-state index contributed by atoms with van der Waals surface area (Å²) in [5, 5.41) is 5.54. The van der Waals surface area contributed by atoms with Crippen molar-refractivity contribution in [1.82, 2.24) is 15.2 Å². The highest BCUT2D eigenvalue weighted by Crippen LogP contribution is 2.34. The van der Waals surface area contributed by atoms with Crippen molar-refractivity contribution in [2.24, 2.45) is 0 Å². The third kappa shape index (κ3) is 4.16. The highest BCUT2D eigenvalue weighted by atomic mass is 32.2. The summed E-state index contributed by atoms with van der Waals surface area (Å²) in [6.45, 7) is 0. The van der Waals surface area contributed by atoms with E-state index < -0.39 is 39.0 Å². The molecule has 0 spiro atoms. The van der Waals surface area contributed by atoms with Crippen LogP contribution in [0.5, 0.6) is 0 Å². The zero-order chi connectivity index (χ0) is 19.8. The van der Waals surface area contributed by atoms with Gasteiger partial charge < -0.3 is 0 Å². The molecule has 2 aromatic carbocycles. The summed E-state index contributed by atoms with van der Waals surface area (Å²) in [6, 6.07) is 6.12. The zero-order valence-electron chi connectivity index (χ0n) is 13.1. The number of rotatable bonds is 4. The molecule has 12 heteroatoms. The van der Waals surface area contributed by atoms with Crippen LogP contribution >= 0.6 is 0 Å². The van der Waals surface area contributed by atoms with E-state index >= 15 is 0 Å². The predicted octanol–water partition coefficient (Wildman–Crippen LogP) is 2.72. The Labute approximate surface area is 149 Å². The molecule has 3 rings (SSSR count). The van der Waals surface area contributed by atoms with Gasteiger partial charge in [0.2, 0.25) is 0 Å². The lowest BCUT2D eigenvalue weighted by molar-refractivity contribution is -0.137. The minimum Gasteiger partial charge on any atom is -0.289 e. The Bertz CT molecular complexity index is 1130. The summed E-state index contributed by atoms with van der Waals surface area (Å²) in [4.78, 5) is 13.0. The van der Waals surface area contributed by atoms with E-state index in [4.69, 9.17) is 0 Å². The highest BCUT2D eigenvalue weighted by molar-refractivity contribution is 7.92. The van der Waals surface area contributed by atoms with Crippen LogP contribution in [-0.2, 0) is 16.2 Å². The molecule has 0 saturated carbocycles. The van der Waals surface area contributed by atoms with E-state index in [-0.39, 0.29) is 16.3 Å². The Morgan fingerprint density at radius 2 is 1.70 bits per heavy atom. The second-order valence-electron chi connectivity index (χ2n) is 5.38. The van der Waals surface area contributed by atoms with Crippen molar-refractivity contribution in [3.63, 3.8) is 0 Å². The lowest BCUT2D eigenvalue weighted by atomic mass is 10.1. The second-order valence-corrected chi connectivity index (χ2v) is 7.06. The van der Waals surface area contributed by atoms with Crippen molar-refractivity contribution in [1.29, 1.82) is 0 Å². The number of sulfonamides is 1. The molecule has 0 radical (unpaired) electrons. The molecular weight excluding hydrogens is 392 g/mol. The number of halogens is 4. The third-order valence-electron chi connectivity index (χ3n) is 3.41. The maximum atomic E-state index is 13.2. The van der Waals surface area contributed by atoms with E-state index in [0.29, 0.717) is 12.1 Å². The molecule has 3 aromatic rings. The van der Waals surface area contributed by atoms with E-state index in [9.17, 15) is 30.8 Å². The SMILES string of the molecule is O=c1[nH]nc(-c2cc(NS(=O)(=O)c3ccc(F)cc3)cc(C(F)(F)F)c2)[nH]1. The van der Waals surface area contributed by atoms with Crippen molar-refractivity contribution in [2.45, 2.75) is 11.1 Å². The van der Waals surface area contributed by atoms with Crippen LogP contribution in [0.1, 0.15) is 5.56 Å². The molecule has 3 N–H and O–H groups in total. The van der Waals surface area contributed by atoms with Crippen LogP contribution in [0.2, 0.25) is 0 Å². The fourth-order valence-corrected chi connectivity index (χ4v) is 3.26. The van der Waals surface area contributed by atoms with Gasteiger partial charge in [-0.2, -0.15) is 18.3 Å². The van der Waals surface area contributed by atoms with E-state index in [0.717, 1.165) is 30.3 Å². The fourth-order valence-electron chi connectivity index (χ4n) is 2.22. The minimum absolute atomic E-state index is 0.167. The molecule has 0 atom stereocenters. The third-order valence-corrected chi connectivity index (χ3v) is 4.81. The molecule has 0 fully saturated rings. The summed E-state index contributed by atoms with van der Waals surface area (Å²) in [5.74, 6) is -0.869. The van der Waals surface area contributed by atoms with Crippen LogP contribution in [0, 0.1) is 5.82 Å². The van der Waals surface area contributed by atoms with Gasteiger partial charge in [-0.05, 0) is 42.5 Å². The van der Waals surface area contributed by atoms with Crippen LogP contribution in [0.4, 0.5) is 23.2 Å². The summed E-state index contributed by atoms with van der Waals surface area (Å²) >= 11 is 0. The second kappa shape index (κ2) is 6.54. The summed E-state index contributed by atoms with van der Waals surface area (Å²) in [5.41, 5.74) is -2.47. The van der Waals surface area contributed by atoms with Crippen LogP contribution in [0.25, 0.3) is 11.4 Å². The maximum absolute atomic E-state index is 13.2.